The summed E-state index contributed by atoms with van der Waals surface area (Å²) >= 11 is 0. The first kappa shape index (κ1) is 31.1. The zero-order valence-corrected chi connectivity index (χ0v) is 29.7. The first-order valence-corrected chi connectivity index (χ1v) is 18.5. The molecular formula is C51H32N2O2. The van der Waals surface area contributed by atoms with Gasteiger partial charge in [-0.2, -0.15) is 0 Å². The molecule has 258 valence electrons. The fraction of sp³-hybridized carbons (Fsp3) is 0. The lowest BCUT2D eigenvalue weighted by atomic mass is 9.96. The van der Waals surface area contributed by atoms with Gasteiger partial charge in [0, 0.05) is 39.3 Å². The number of hydrogen-bond donors (Lipinski definition) is 0. The normalized spacial score (nSPS) is 11.6. The Hall–Kier alpha value is -7.43. The number of benzene rings is 9. The third kappa shape index (κ3) is 5.26. The molecule has 11 aromatic rings. The van der Waals surface area contributed by atoms with E-state index in [1.807, 2.05) is 24.3 Å². The van der Waals surface area contributed by atoms with Crippen molar-refractivity contribution >= 4 is 71.6 Å². The van der Waals surface area contributed by atoms with E-state index in [9.17, 15) is 0 Å². The quantitative estimate of drug-likeness (QED) is 0.173. The van der Waals surface area contributed by atoms with E-state index in [0.29, 0.717) is 5.89 Å². The van der Waals surface area contributed by atoms with Crippen LogP contribution in [0.25, 0.3) is 88.3 Å². The van der Waals surface area contributed by atoms with Crippen LogP contribution in [0.2, 0.25) is 0 Å². The number of oxazole rings is 1. The minimum Gasteiger partial charge on any atom is -0.456 e. The summed E-state index contributed by atoms with van der Waals surface area (Å²) in [4.78, 5) is 7.31. The van der Waals surface area contributed by atoms with E-state index in [4.69, 9.17) is 13.8 Å². The summed E-state index contributed by atoms with van der Waals surface area (Å²) in [7, 11) is 0. The highest BCUT2D eigenvalue weighted by Gasteiger charge is 2.22. The van der Waals surface area contributed by atoms with Gasteiger partial charge in [-0.3, -0.25) is 0 Å². The molecule has 9 aromatic carbocycles. The Morgan fingerprint density at radius 2 is 1.04 bits per heavy atom. The van der Waals surface area contributed by atoms with E-state index >= 15 is 0 Å². The second kappa shape index (κ2) is 12.6. The number of furan rings is 1. The summed E-state index contributed by atoms with van der Waals surface area (Å²) in [5.74, 6) is 0.576. The Balaban J connectivity index is 1.09. The molecule has 0 unspecified atom stereocenters. The van der Waals surface area contributed by atoms with E-state index in [1.165, 1.54) is 27.5 Å². The maximum Gasteiger partial charge on any atom is 0.228 e. The molecule has 0 radical (unpaired) electrons. The number of nitrogens with zero attached hydrogens (tertiary/aromatic N) is 2. The molecule has 11 rings (SSSR count). The third-order valence-corrected chi connectivity index (χ3v) is 10.7. The third-order valence-electron chi connectivity index (χ3n) is 10.7. The van der Waals surface area contributed by atoms with Crippen molar-refractivity contribution in [2.45, 2.75) is 0 Å². The fourth-order valence-corrected chi connectivity index (χ4v) is 8.08. The summed E-state index contributed by atoms with van der Waals surface area (Å²) in [5, 5.41) is 6.66. The van der Waals surface area contributed by atoms with Crippen molar-refractivity contribution in [3.63, 3.8) is 0 Å². The van der Waals surface area contributed by atoms with Gasteiger partial charge in [0.25, 0.3) is 0 Å². The molecule has 0 spiro atoms. The van der Waals surface area contributed by atoms with Gasteiger partial charge in [0.05, 0.1) is 5.69 Å². The van der Waals surface area contributed by atoms with Gasteiger partial charge in [-0.1, -0.05) is 133 Å². The molecule has 0 aliphatic rings. The summed E-state index contributed by atoms with van der Waals surface area (Å²) in [6.07, 6.45) is 0. The fourth-order valence-electron chi connectivity index (χ4n) is 8.08. The van der Waals surface area contributed by atoms with Gasteiger partial charge in [-0.25, -0.2) is 4.98 Å². The maximum absolute atomic E-state index is 6.67. The molecule has 0 aliphatic heterocycles. The highest BCUT2D eigenvalue weighted by Crippen LogP contribution is 2.45. The monoisotopic (exact) mass is 704 g/mol. The largest absolute Gasteiger partial charge is 0.456 e. The average Bonchev–Trinajstić information content (AvgIpc) is 3.84. The van der Waals surface area contributed by atoms with Crippen LogP contribution in [0.15, 0.2) is 203 Å². The number of anilines is 3. The summed E-state index contributed by atoms with van der Waals surface area (Å²) in [6.45, 7) is 0. The van der Waals surface area contributed by atoms with Crippen molar-refractivity contribution in [1.82, 2.24) is 4.98 Å². The van der Waals surface area contributed by atoms with Gasteiger partial charge >= 0.3 is 0 Å². The zero-order chi connectivity index (χ0) is 36.3. The van der Waals surface area contributed by atoms with E-state index in [-0.39, 0.29) is 0 Å². The minimum atomic E-state index is 0.576. The van der Waals surface area contributed by atoms with Gasteiger partial charge in [0.15, 0.2) is 5.58 Å². The van der Waals surface area contributed by atoms with Crippen LogP contribution in [-0.2, 0) is 0 Å². The Kier molecular flexibility index (Phi) is 7.14. The van der Waals surface area contributed by atoms with Crippen molar-refractivity contribution in [3.05, 3.63) is 194 Å². The lowest BCUT2D eigenvalue weighted by Crippen LogP contribution is -2.11. The number of para-hydroxylation sites is 1. The van der Waals surface area contributed by atoms with Crippen LogP contribution in [-0.4, -0.2) is 4.98 Å². The van der Waals surface area contributed by atoms with E-state index in [1.54, 1.807) is 0 Å². The predicted molar refractivity (Wildman–Crippen MR) is 227 cm³/mol. The molecule has 0 aliphatic carbocycles. The first-order valence-electron chi connectivity index (χ1n) is 18.5. The number of fused-ring (bicyclic) bond motifs is 6. The minimum absolute atomic E-state index is 0.576. The van der Waals surface area contributed by atoms with Gasteiger partial charge < -0.3 is 13.7 Å². The summed E-state index contributed by atoms with van der Waals surface area (Å²) in [6, 6.07) is 68.2. The smallest absolute Gasteiger partial charge is 0.228 e. The molecule has 4 heteroatoms. The molecule has 4 nitrogen and oxygen atoms in total. The van der Waals surface area contributed by atoms with Crippen LogP contribution in [0.5, 0.6) is 0 Å². The molecule has 0 saturated heterocycles. The molecule has 0 saturated carbocycles. The van der Waals surface area contributed by atoms with E-state index < -0.39 is 0 Å². The molecule has 2 aromatic heterocycles. The molecule has 0 amide bonds. The molecule has 0 bridgehead atoms. The molecule has 0 atom stereocenters. The lowest BCUT2D eigenvalue weighted by molar-refractivity contribution is 0.620. The van der Waals surface area contributed by atoms with Crippen molar-refractivity contribution < 1.29 is 8.83 Å². The van der Waals surface area contributed by atoms with Crippen LogP contribution in [0.3, 0.4) is 0 Å². The van der Waals surface area contributed by atoms with Gasteiger partial charge in [-0.15, -0.1) is 0 Å². The van der Waals surface area contributed by atoms with Gasteiger partial charge in [0.1, 0.15) is 16.7 Å². The van der Waals surface area contributed by atoms with E-state index in [2.05, 4.69) is 175 Å². The van der Waals surface area contributed by atoms with Crippen molar-refractivity contribution in [1.29, 1.82) is 0 Å². The van der Waals surface area contributed by atoms with Crippen LogP contribution in [0, 0.1) is 0 Å². The van der Waals surface area contributed by atoms with E-state index in [0.717, 1.165) is 72.0 Å². The zero-order valence-electron chi connectivity index (χ0n) is 29.7. The number of rotatable bonds is 6. The van der Waals surface area contributed by atoms with Gasteiger partial charge in [0.2, 0.25) is 5.89 Å². The SMILES string of the molecule is c1ccc(-c2ccc(N(c3ccc4c(c3)oc3cccc(-c5nc6cc7ccccc7cc6o5)c34)c3ccccc3-c3cccc4ccccc34)cc2)cc1. The Labute approximate surface area is 317 Å². The molecule has 2 heterocycles. The van der Waals surface area contributed by atoms with Crippen LogP contribution >= 0.6 is 0 Å². The second-order valence-electron chi connectivity index (χ2n) is 13.9. The Morgan fingerprint density at radius 1 is 0.382 bits per heavy atom. The molecule has 0 N–H and O–H groups in total. The first-order chi connectivity index (χ1) is 27.2. The van der Waals surface area contributed by atoms with Crippen molar-refractivity contribution in [2.24, 2.45) is 0 Å². The predicted octanol–water partition coefficient (Wildman–Crippen LogP) is 14.5. The highest BCUT2D eigenvalue weighted by atomic mass is 16.3. The van der Waals surface area contributed by atoms with Crippen LogP contribution < -0.4 is 4.90 Å². The Morgan fingerprint density at radius 3 is 1.91 bits per heavy atom. The Bertz CT molecular complexity index is 3150. The van der Waals surface area contributed by atoms with Crippen molar-refractivity contribution in [3.8, 4) is 33.7 Å². The standard InChI is InChI=1S/C51H32N2O2/c1-2-12-33(13-3-1)34-24-26-38(27-25-34)53(46-22-9-8-19-42(46)41-20-10-17-35-14-6-7-18-40(35)41)39-28-29-43-48(32-39)54-47-23-11-21-44(50(43)47)51-52-45-30-36-15-4-5-16-37(36)31-49(45)55-51/h1-32H. The number of hydrogen-bond acceptors (Lipinski definition) is 4. The van der Waals surface area contributed by atoms with Crippen molar-refractivity contribution in [2.75, 3.05) is 4.90 Å². The lowest BCUT2D eigenvalue weighted by Gasteiger charge is -2.28. The molecule has 0 fully saturated rings. The molecule has 55 heavy (non-hydrogen) atoms. The average molecular weight is 705 g/mol. The summed E-state index contributed by atoms with van der Waals surface area (Å²) < 4.78 is 13.1. The highest BCUT2D eigenvalue weighted by molar-refractivity contribution is 6.13. The van der Waals surface area contributed by atoms with Crippen LogP contribution in [0.1, 0.15) is 0 Å². The summed E-state index contributed by atoms with van der Waals surface area (Å²) in [5.41, 5.74) is 11.8. The molecular weight excluding hydrogens is 673 g/mol. The topological polar surface area (TPSA) is 42.4 Å². The maximum atomic E-state index is 6.67. The van der Waals surface area contributed by atoms with Gasteiger partial charge in [-0.05, 0) is 92.8 Å². The number of aromatic nitrogens is 1. The second-order valence-corrected chi connectivity index (χ2v) is 13.9. The van der Waals surface area contributed by atoms with Crippen LogP contribution in [0.4, 0.5) is 17.1 Å².